The standard InChI is InChI=1S/C15H20N4OS2/c1-16-15(19-10-12-5-9-21-11-12)18-7-3-6-17-14(20)13-4-2-8-22-13/h2,4-5,8-9,11H,3,6-7,10H2,1H3,(H,17,20)(H2,16,18,19). The lowest BCUT2D eigenvalue weighted by Gasteiger charge is -2.11. The molecule has 0 aromatic carbocycles. The van der Waals surface area contributed by atoms with Crippen LogP contribution in [0.4, 0.5) is 0 Å². The molecule has 2 aromatic heterocycles. The predicted octanol–water partition coefficient (Wildman–Crippen LogP) is 2.29. The Kier molecular flexibility index (Phi) is 6.92. The topological polar surface area (TPSA) is 65.5 Å². The summed E-state index contributed by atoms with van der Waals surface area (Å²) in [4.78, 5) is 16.7. The third kappa shape index (κ3) is 5.50. The number of rotatable bonds is 7. The Balaban J connectivity index is 1.57. The number of amides is 1. The van der Waals surface area contributed by atoms with Crippen molar-refractivity contribution in [3.05, 3.63) is 44.8 Å². The number of nitrogens with one attached hydrogen (secondary N) is 3. The van der Waals surface area contributed by atoms with Gasteiger partial charge < -0.3 is 16.0 Å². The SMILES string of the molecule is CN=C(NCCCNC(=O)c1cccs1)NCc1ccsc1. The van der Waals surface area contributed by atoms with Gasteiger partial charge in [-0.3, -0.25) is 9.79 Å². The zero-order valence-electron chi connectivity index (χ0n) is 12.5. The summed E-state index contributed by atoms with van der Waals surface area (Å²) in [6.45, 7) is 2.16. The first-order chi connectivity index (χ1) is 10.8. The fourth-order valence-electron chi connectivity index (χ4n) is 1.79. The van der Waals surface area contributed by atoms with Crippen molar-refractivity contribution in [3.8, 4) is 0 Å². The lowest BCUT2D eigenvalue weighted by molar-refractivity contribution is 0.0957. The van der Waals surface area contributed by atoms with E-state index in [2.05, 4.69) is 37.8 Å². The molecule has 0 fully saturated rings. The fourth-order valence-corrected chi connectivity index (χ4v) is 3.10. The van der Waals surface area contributed by atoms with Crippen LogP contribution in [0.3, 0.4) is 0 Å². The summed E-state index contributed by atoms with van der Waals surface area (Å²) < 4.78 is 0. The Bertz CT molecular complexity index is 579. The minimum Gasteiger partial charge on any atom is -0.356 e. The molecule has 0 saturated carbocycles. The van der Waals surface area contributed by atoms with Crippen molar-refractivity contribution in [2.75, 3.05) is 20.1 Å². The van der Waals surface area contributed by atoms with Gasteiger partial charge in [0.15, 0.2) is 5.96 Å². The Morgan fingerprint density at radius 1 is 1.18 bits per heavy atom. The highest BCUT2D eigenvalue weighted by Crippen LogP contribution is 2.07. The van der Waals surface area contributed by atoms with Gasteiger partial charge in [0.1, 0.15) is 0 Å². The Morgan fingerprint density at radius 3 is 2.73 bits per heavy atom. The first-order valence-electron chi connectivity index (χ1n) is 7.07. The first kappa shape index (κ1) is 16.5. The number of aliphatic imine (C=N–C) groups is 1. The lowest BCUT2D eigenvalue weighted by Crippen LogP contribution is -2.38. The van der Waals surface area contributed by atoms with E-state index in [1.807, 2.05) is 17.5 Å². The van der Waals surface area contributed by atoms with E-state index in [0.29, 0.717) is 6.54 Å². The van der Waals surface area contributed by atoms with Crippen molar-refractivity contribution < 1.29 is 4.79 Å². The van der Waals surface area contributed by atoms with Gasteiger partial charge in [0.05, 0.1) is 4.88 Å². The summed E-state index contributed by atoms with van der Waals surface area (Å²) in [5.74, 6) is 0.769. The molecule has 0 aliphatic carbocycles. The van der Waals surface area contributed by atoms with E-state index in [1.165, 1.54) is 16.9 Å². The number of guanidine groups is 1. The zero-order valence-corrected chi connectivity index (χ0v) is 14.1. The van der Waals surface area contributed by atoms with Crippen molar-refractivity contribution in [1.82, 2.24) is 16.0 Å². The highest BCUT2D eigenvalue weighted by atomic mass is 32.1. The number of hydrogen-bond donors (Lipinski definition) is 3. The number of carbonyl (C=O) groups excluding carboxylic acids is 1. The molecule has 3 N–H and O–H groups in total. The maximum Gasteiger partial charge on any atom is 0.261 e. The summed E-state index contributed by atoms with van der Waals surface area (Å²) >= 11 is 3.14. The molecule has 22 heavy (non-hydrogen) atoms. The van der Waals surface area contributed by atoms with E-state index in [1.54, 1.807) is 18.4 Å². The van der Waals surface area contributed by atoms with E-state index >= 15 is 0 Å². The van der Waals surface area contributed by atoms with Crippen LogP contribution in [-0.2, 0) is 6.54 Å². The number of nitrogens with zero attached hydrogens (tertiary/aromatic N) is 1. The van der Waals surface area contributed by atoms with Gasteiger partial charge in [-0.2, -0.15) is 11.3 Å². The second-order valence-corrected chi connectivity index (χ2v) is 6.30. The van der Waals surface area contributed by atoms with Crippen LogP contribution in [0.25, 0.3) is 0 Å². The Hall–Kier alpha value is -1.86. The molecule has 0 radical (unpaired) electrons. The maximum atomic E-state index is 11.7. The molecular weight excluding hydrogens is 316 g/mol. The monoisotopic (exact) mass is 336 g/mol. The fraction of sp³-hybridized carbons (Fsp3) is 0.333. The van der Waals surface area contributed by atoms with Crippen LogP contribution in [0.15, 0.2) is 39.3 Å². The van der Waals surface area contributed by atoms with E-state index in [0.717, 1.165) is 30.3 Å². The molecular formula is C15H20N4OS2. The minimum absolute atomic E-state index is 0.00466. The average Bonchev–Trinajstić information content (AvgIpc) is 3.23. The third-order valence-electron chi connectivity index (χ3n) is 2.94. The van der Waals surface area contributed by atoms with Crippen molar-refractivity contribution >= 4 is 34.5 Å². The van der Waals surface area contributed by atoms with E-state index in [4.69, 9.17) is 0 Å². The van der Waals surface area contributed by atoms with Crippen molar-refractivity contribution in [2.24, 2.45) is 4.99 Å². The molecule has 2 heterocycles. The predicted molar refractivity (Wildman–Crippen MR) is 93.8 cm³/mol. The third-order valence-corrected chi connectivity index (χ3v) is 4.54. The van der Waals surface area contributed by atoms with Crippen LogP contribution >= 0.6 is 22.7 Å². The highest BCUT2D eigenvalue weighted by Gasteiger charge is 2.04. The van der Waals surface area contributed by atoms with Crippen molar-refractivity contribution in [3.63, 3.8) is 0 Å². The van der Waals surface area contributed by atoms with Crippen LogP contribution in [0.2, 0.25) is 0 Å². The van der Waals surface area contributed by atoms with Gasteiger partial charge >= 0.3 is 0 Å². The molecule has 2 rings (SSSR count). The molecule has 1 amide bonds. The van der Waals surface area contributed by atoms with Crippen LogP contribution in [0.5, 0.6) is 0 Å². The van der Waals surface area contributed by atoms with Crippen molar-refractivity contribution in [1.29, 1.82) is 0 Å². The molecule has 0 bridgehead atoms. The van der Waals surface area contributed by atoms with E-state index < -0.39 is 0 Å². The molecule has 0 spiro atoms. The summed E-state index contributed by atoms with van der Waals surface area (Å²) in [6.07, 6.45) is 0.844. The molecule has 2 aromatic rings. The highest BCUT2D eigenvalue weighted by molar-refractivity contribution is 7.12. The second-order valence-electron chi connectivity index (χ2n) is 4.57. The molecule has 0 aliphatic rings. The maximum absolute atomic E-state index is 11.7. The minimum atomic E-state index is -0.00466. The van der Waals surface area contributed by atoms with Gasteiger partial charge in [-0.1, -0.05) is 6.07 Å². The van der Waals surface area contributed by atoms with Crippen LogP contribution in [-0.4, -0.2) is 32.0 Å². The van der Waals surface area contributed by atoms with Gasteiger partial charge in [-0.15, -0.1) is 11.3 Å². The number of thiophene rings is 2. The van der Waals surface area contributed by atoms with Gasteiger partial charge in [0.25, 0.3) is 5.91 Å². The largest absolute Gasteiger partial charge is 0.356 e. The molecule has 0 aliphatic heterocycles. The molecule has 0 atom stereocenters. The quantitative estimate of drug-likeness (QED) is 0.413. The van der Waals surface area contributed by atoms with Gasteiger partial charge in [0.2, 0.25) is 0 Å². The smallest absolute Gasteiger partial charge is 0.261 e. The van der Waals surface area contributed by atoms with Crippen LogP contribution in [0, 0.1) is 0 Å². The second kappa shape index (κ2) is 9.22. The summed E-state index contributed by atoms with van der Waals surface area (Å²) in [5.41, 5.74) is 1.25. The molecule has 118 valence electrons. The van der Waals surface area contributed by atoms with Crippen LogP contribution in [0.1, 0.15) is 21.7 Å². The van der Waals surface area contributed by atoms with Gasteiger partial charge in [-0.25, -0.2) is 0 Å². The molecule has 5 nitrogen and oxygen atoms in total. The number of carbonyl (C=O) groups is 1. The Morgan fingerprint density at radius 2 is 2.05 bits per heavy atom. The van der Waals surface area contributed by atoms with Crippen LogP contribution < -0.4 is 16.0 Å². The lowest BCUT2D eigenvalue weighted by atomic mass is 10.3. The van der Waals surface area contributed by atoms with E-state index in [-0.39, 0.29) is 5.91 Å². The average molecular weight is 336 g/mol. The van der Waals surface area contributed by atoms with Gasteiger partial charge in [0, 0.05) is 26.7 Å². The summed E-state index contributed by atoms with van der Waals surface area (Å²) in [6, 6.07) is 5.80. The normalized spacial score (nSPS) is 11.2. The summed E-state index contributed by atoms with van der Waals surface area (Å²) in [7, 11) is 1.75. The Labute approximate surface area is 138 Å². The van der Waals surface area contributed by atoms with Gasteiger partial charge in [-0.05, 0) is 40.3 Å². The summed E-state index contributed by atoms with van der Waals surface area (Å²) in [5, 5.41) is 15.5. The molecule has 0 saturated heterocycles. The number of hydrogen-bond acceptors (Lipinski definition) is 4. The first-order valence-corrected chi connectivity index (χ1v) is 8.89. The zero-order chi connectivity index (χ0) is 15.6. The van der Waals surface area contributed by atoms with Crippen molar-refractivity contribution in [2.45, 2.75) is 13.0 Å². The molecule has 0 unspecified atom stereocenters. The van der Waals surface area contributed by atoms with E-state index in [9.17, 15) is 4.79 Å². The molecule has 7 heteroatoms.